The van der Waals surface area contributed by atoms with Gasteiger partial charge in [-0.05, 0) is 19.1 Å². The number of carbonyl (C=O) groups is 1. The minimum Gasteiger partial charge on any atom is -0.502 e. The molecule has 1 heterocycles. The largest absolute Gasteiger partial charge is 0.502 e. The number of hydrogen-bond acceptors (Lipinski definition) is 7. The smallest absolute Gasteiger partial charge is 0.323 e. The van der Waals surface area contributed by atoms with Gasteiger partial charge in [0.1, 0.15) is 11.1 Å². The zero-order chi connectivity index (χ0) is 14.0. The Morgan fingerprint density at radius 2 is 2.32 bits per heavy atom. The summed E-state index contributed by atoms with van der Waals surface area (Å²) in [7, 11) is 0. The zero-order valence-corrected chi connectivity index (χ0v) is 9.95. The quantitative estimate of drug-likeness (QED) is 0.507. The molecule has 8 heteroatoms. The Hall–Kier alpha value is -2.64. The average Bonchev–Trinajstić information content (AvgIpc) is 2.72. The molecule has 1 aromatic heterocycles. The van der Waals surface area contributed by atoms with E-state index in [-0.39, 0.29) is 29.7 Å². The summed E-state index contributed by atoms with van der Waals surface area (Å²) in [4.78, 5) is 21.6. The lowest BCUT2D eigenvalue weighted by Crippen LogP contribution is -2.08. The summed E-state index contributed by atoms with van der Waals surface area (Å²) < 4.78 is 9.64. The summed E-state index contributed by atoms with van der Waals surface area (Å²) in [5.74, 6) is -1.08. The van der Waals surface area contributed by atoms with Crippen molar-refractivity contribution in [2.75, 3.05) is 6.61 Å². The number of hydrogen-bond donors (Lipinski definition) is 1. The lowest BCUT2D eigenvalue weighted by molar-refractivity contribution is -0.384. The van der Waals surface area contributed by atoms with E-state index in [1.54, 1.807) is 6.92 Å². The number of nitro benzene ring substituents is 1. The molecular formula is C11H10N2O6. The number of esters is 1. The number of rotatable bonds is 4. The van der Waals surface area contributed by atoms with Crippen LogP contribution >= 0.6 is 0 Å². The van der Waals surface area contributed by atoms with Crippen molar-refractivity contribution in [3.63, 3.8) is 0 Å². The molecule has 0 unspecified atom stereocenters. The standard InChI is InChI=1S/C11H10N2O6/c1-2-18-9(15)5-6-10-8(19-12-6)4-3-7(14)11(10)13(16)17/h3-4,14H,2,5H2,1H3. The van der Waals surface area contributed by atoms with E-state index in [1.807, 2.05) is 0 Å². The molecule has 0 aliphatic rings. The third-order valence-electron chi connectivity index (χ3n) is 2.46. The van der Waals surface area contributed by atoms with E-state index in [0.29, 0.717) is 0 Å². The van der Waals surface area contributed by atoms with E-state index in [1.165, 1.54) is 6.07 Å². The molecule has 0 atom stereocenters. The Kier molecular flexibility index (Phi) is 3.32. The molecule has 0 aliphatic heterocycles. The van der Waals surface area contributed by atoms with E-state index < -0.39 is 22.3 Å². The monoisotopic (exact) mass is 266 g/mol. The van der Waals surface area contributed by atoms with Crippen LogP contribution < -0.4 is 0 Å². The molecule has 0 spiro atoms. The molecule has 8 nitrogen and oxygen atoms in total. The van der Waals surface area contributed by atoms with Crippen LogP contribution in [-0.2, 0) is 16.0 Å². The first kappa shape index (κ1) is 12.8. The molecule has 19 heavy (non-hydrogen) atoms. The molecule has 0 saturated heterocycles. The van der Waals surface area contributed by atoms with Crippen molar-refractivity contribution in [1.29, 1.82) is 0 Å². The number of fused-ring (bicyclic) bond motifs is 1. The second-order valence-corrected chi connectivity index (χ2v) is 3.67. The Morgan fingerprint density at radius 1 is 1.58 bits per heavy atom. The Morgan fingerprint density at radius 3 is 2.95 bits per heavy atom. The average molecular weight is 266 g/mol. The fraction of sp³-hybridized carbons (Fsp3) is 0.273. The number of phenols is 1. The number of ether oxygens (including phenoxy) is 1. The second-order valence-electron chi connectivity index (χ2n) is 3.67. The molecule has 0 saturated carbocycles. The number of carbonyl (C=O) groups excluding carboxylic acids is 1. The third-order valence-corrected chi connectivity index (χ3v) is 2.46. The van der Waals surface area contributed by atoms with Crippen LogP contribution in [0.15, 0.2) is 16.7 Å². The van der Waals surface area contributed by atoms with Crippen LogP contribution in [0.3, 0.4) is 0 Å². The van der Waals surface area contributed by atoms with Crippen LogP contribution in [-0.4, -0.2) is 27.8 Å². The summed E-state index contributed by atoms with van der Waals surface area (Å²) in [6.07, 6.45) is -0.259. The van der Waals surface area contributed by atoms with Gasteiger partial charge in [0.05, 0.1) is 18.0 Å². The van der Waals surface area contributed by atoms with Gasteiger partial charge in [0.15, 0.2) is 11.3 Å². The van der Waals surface area contributed by atoms with Gasteiger partial charge in [0.25, 0.3) is 0 Å². The third kappa shape index (κ3) is 2.32. The maximum atomic E-state index is 11.4. The highest BCUT2D eigenvalue weighted by molar-refractivity contribution is 5.93. The highest BCUT2D eigenvalue weighted by atomic mass is 16.6. The number of benzene rings is 1. The summed E-state index contributed by atoms with van der Waals surface area (Å²) in [6, 6.07) is 2.49. The van der Waals surface area contributed by atoms with Crippen LogP contribution in [0.5, 0.6) is 5.75 Å². The van der Waals surface area contributed by atoms with Crippen LogP contribution in [0, 0.1) is 10.1 Å². The first-order chi connectivity index (χ1) is 9.04. The van der Waals surface area contributed by atoms with Gasteiger partial charge in [-0.15, -0.1) is 0 Å². The number of nitro groups is 1. The van der Waals surface area contributed by atoms with Crippen molar-refractivity contribution in [1.82, 2.24) is 5.16 Å². The molecule has 2 aromatic rings. The topological polar surface area (TPSA) is 116 Å². The Labute approximate surface area is 106 Å². The molecule has 0 bridgehead atoms. The van der Waals surface area contributed by atoms with Crippen LogP contribution in [0.4, 0.5) is 5.69 Å². The van der Waals surface area contributed by atoms with Gasteiger partial charge in [0.2, 0.25) is 0 Å². The van der Waals surface area contributed by atoms with Gasteiger partial charge in [0, 0.05) is 0 Å². The zero-order valence-electron chi connectivity index (χ0n) is 9.95. The van der Waals surface area contributed by atoms with Gasteiger partial charge in [-0.2, -0.15) is 0 Å². The number of phenolic OH excluding ortho intramolecular Hbond substituents is 1. The normalized spacial score (nSPS) is 10.6. The van der Waals surface area contributed by atoms with Crippen molar-refractivity contribution in [3.8, 4) is 5.75 Å². The highest BCUT2D eigenvalue weighted by Gasteiger charge is 2.26. The number of aromatic nitrogens is 1. The number of aromatic hydroxyl groups is 1. The van der Waals surface area contributed by atoms with Gasteiger partial charge in [-0.3, -0.25) is 14.9 Å². The SMILES string of the molecule is CCOC(=O)Cc1noc2ccc(O)c([N+](=O)[O-])c12. The van der Waals surface area contributed by atoms with Crippen molar-refractivity contribution >= 4 is 22.6 Å². The predicted molar refractivity (Wildman–Crippen MR) is 62.7 cm³/mol. The van der Waals surface area contributed by atoms with E-state index in [9.17, 15) is 20.0 Å². The number of nitrogens with zero attached hydrogens (tertiary/aromatic N) is 2. The van der Waals surface area contributed by atoms with E-state index in [2.05, 4.69) is 5.16 Å². The lowest BCUT2D eigenvalue weighted by atomic mass is 10.1. The highest BCUT2D eigenvalue weighted by Crippen LogP contribution is 2.36. The van der Waals surface area contributed by atoms with Gasteiger partial charge < -0.3 is 14.4 Å². The minimum atomic E-state index is -0.747. The fourth-order valence-electron chi connectivity index (χ4n) is 1.72. The molecule has 1 N–H and O–H groups in total. The summed E-state index contributed by atoms with van der Waals surface area (Å²) in [5.41, 5.74) is -0.335. The molecule has 0 amide bonds. The Balaban J connectivity index is 2.54. The van der Waals surface area contributed by atoms with E-state index in [4.69, 9.17) is 9.26 Å². The van der Waals surface area contributed by atoms with Crippen LogP contribution in [0.1, 0.15) is 12.6 Å². The summed E-state index contributed by atoms with van der Waals surface area (Å²) >= 11 is 0. The molecule has 0 radical (unpaired) electrons. The van der Waals surface area contributed by atoms with Crippen molar-refractivity contribution in [3.05, 3.63) is 27.9 Å². The van der Waals surface area contributed by atoms with Crippen molar-refractivity contribution < 1.29 is 24.1 Å². The molecule has 0 aliphatic carbocycles. The maximum Gasteiger partial charge on any atom is 0.323 e. The first-order valence-corrected chi connectivity index (χ1v) is 5.44. The van der Waals surface area contributed by atoms with Gasteiger partial charge in [-0.1, -0.05) is 5.16 Å². The molecule has 2 rings (SSSR count). The lowest BCUT2D eigenvalue weighted by Gasteiger charge is -2.00. The van der Waals surface area contributed by atoms with Crippen LogP contribution in [0.2, 0.25) is 0 Å². The minimum absolute atomic E-state index is 0.0121. The predicted octanol–water partition coefficient (Wildman–Crippen LogP) is 1.55. The first-order valence-electron chi connectivity index (χ1n) is 5.44. The molecular weight excluding hydrogens is 256 g/mol. The van der Waals surface area contributed by atoms with Gasteiger partial charge >= 0.3 is 11.7 Å². The molecule has 0 fully saturated rings. The summed E-state index contributed by atoms with van der Waals surface area (Å²) in [5, 5.41) is 24.1. The van der Waals surface area contributed by atoms with E-state index >= 15 is 0 Å². The molecule has 100 valence electrons. The van der Waals surface area contributed by atoms with E-state index in [0.717, 1.165) is 6.07 Å². The summed E-state index contributed by atoms with van der Waals surface area (Å²) in [6.45, 7) is 1.84. The molecule has 1 aromatic carbocycles. The van der Waals surface area contributed by atoms with Crippen LogP contribution in [0.25, 0.3) is 11.0 Å². The van der Waals surface area contributed by atoms with Crippen molar-refractivity contribution in [2.45, 2.75) is 13.3 Å². The van der Waals surface area contributed by atoms with Crippen molar-refractivity contribution in [2.24, 2.45) is 0 Å². The van der Waals surface area contributed by atoms with Gasteiger partial charge in [-0.25, -0.2) is 0 Å². The Bertz CT molecular complexity index is 648. The fourth-order valence-corrected chi connectivity index (χ4v) is 1.72. The second kappa shape index (κ2) is 4.92. The maximum absolute atomic E-state index is 11.4.